The number of hydrogen-bond donors (Lipinski definition) is 1. The SMILES string of the molecule is COC(=O)[C@@H]1CSCN1C(=O)[C@@H]1CCCCC(=O)N1. The lowest BCUT2D eigenvalue weighted by atomic mass is 10.1. The zero-order valence-corrected chi connectivity index (χ0v) is 11.7. The summed E-state index contributed by atoms with van der Waals surface area (Å²) in [6.07, 6.45) is 2.77. The molecular formula is C12H18N2O4S. The van der Waals surface area contributed by atoms with Crippen LogP contribution in [0.15, 0.2) is 0 Å². The third-order valence-electron chi connectivity index (χ3n) is 3.42. The fraction of sp³-hybridized carbons (Fsp3) is 0.750. The van der Waals surface area contributed by atoms with E-state index in [-0.39, 0.29) is 11.8 Å². The topological polar surface area (TPSA) is 75.7 Å². The van der Waals surface area contributed by atoms with Gasteiger partial charge in [-0.15, -0.1) is 11.8 Å². The summed E-state index contributed by atoms with van der Waals surface area (Å²) < 4.78 is 4.71. The molecule has 0 radical (unpaired) electrons. The van der Waals surface area contributed by atoms with Gasteiger partial charge in [-0.25, -0.2) is 4.79 Å². The van der Waals surface area contributed by atoms with Crippen LogP contribution in [0.4, 0.5) is 0 Å². The highest BCUT2D eigenvalue weighted by Gasteiger charge is 2.38. The van der Waals surface area contributed by atoms with Crippen LogP contribution in [-0.2, 0) is 19.1 Å². The lowest BCUT2D eigenvalue weighted by Crippen LogP contribution is -2.51. The second-order valence-electron chi connectivity index (χ2n) is 4.71. The number of amides is 2. The number of carbonyl (C=O) groups is 3. The van der Waals surface area contributed by atoms with E-state index < -0.39 is 18.1 Å². The predicted molar refractivity (Wildman–Crippen MR) is 70.4 cm³/mol. The van der Waals surface area contributed by atoms with E-state index >= 15 is 0 Å². The molecule has 0 unspecified atom stereocenters. The molecule has 6 nitrogen and oxygen atoms in total. The van der Waals surface area contributed by atoms with Gasteiger partial charge in [0.2, 0.25) is 11.8 Å². The van der Waals surface area contributed by atoms with Crippen molar-refractivity contribution in [2.75, 3.05) is 18.7 Å². The molecule has 2 aliphatic rings. The standard InChI is InChI=1S/C12H18N2O4S/c1-18-12(17)9-6-19-7-14(9)11(16)8-4-2-3-5-10(15)13-8/h8-9H,2-7H2,1H3,(H,13,15)/t8-,9-/m0/s1. The van der Waals surface area contributed by atoms with Gasteiger partial charge in [0.25, 0.3) is 0 Å². The minimum atomic E-state index is -0.525. The maximum atomic E-state index is 12.4. The first-order valence-corrected chi connectivity index (χ1v) is 7.54. The van der Waals surface area contributed by atoms with Crippen molar-refractivity contribution in [3.8, 4) is 0 Å². The molecule has 0 aromatic heterocycles. The molecule has 7 heteroatoms. The molecule has 0 saturated carbocycles. The molecule has 2 aliphatic heterocycles. The van der Waals surface area contributed by atoms with Crippen molar-refractivity contribution in [3.05, 3.63) is 0 Å². The van der Waals surface area contributed by atoms with Crippen LogP contribution in [0, 0.1) is 0 Å². The first-order valence-electron chi connectivity index (χ1n) is 6.39. The van der Waals surface area contributed by atoms with E-state index in [2.05, 4.69) is 5.32 Å². The molecular weight excluding hydrogens is 268 g/mol. The van der Waals surface area contributed by atoms with E-state index in [1.165, 1.54) is 23.8 Å². The monoisotopic (exact) mass is 286 g/mol. The maximum absolute atomic E-state index is 12.4. The molecule has 106 valence electrons. The Labute approximate surface area is 116 Å². The van der Waals surface area contributed by atoms with E-state index in [0.29, 0.717) is 24.5 Å². The smallest absolute Gasteiger partial charge is 0.329 e. The van der Waals surface area contributed by atoms with Gasteiger partial charge < -0.3 is 15.0 Å². The molecule has 2 amide bonds. The van der Waals surface area contributed by atoms with Gasteiger partial charge in [0.05, 0.1) is 13.0 Å². The summed E-state index contributed by atoms with van der Waals surface area (Å²) in [7, 11) is 1.32. The van der Waals surface area contributed by atoms with Gasteiger partial charge in [0.15, 0.2) is 0 Å². The third-order valence-corrected chi connectivity index (χ3v) is 4.43. The molecule has 2 rings (SSSR count). The van der Waals surface area contributed by atoms with Crippen LogP contribution >= 0.6 is 11.8 Å². The van der Waals surface area contributed by atoms with Crippen LogP contribution in [-0.4, -0.2) is 53.5 Å². The van der Waals surface area contributed by atoms with Gasteiger partial charge in [0, 0.05) is 12.2 Å². The summed E-state index contributed by atoms with van der Waals surface area (Å²) in [5, 5.41) is 2.74. The normalized spacial score (nSPS) is 27.6. The third kappa shape index (κ3) is 3.20. The van der Waals surface area contributed by atoms with E-state index in [9.17, 15) is 14.4 Å². The Bertz CT molecular complexity index is 388. The number of hydrogen-bond acceptors (Lipinski definition) is 5. The number of ether oxygens (including phenoxy) is 1. The second kappa shape index (κ2) is 6.27. The Hall–Kier alpha value is -1.24. The van der Waals surface area contributed by atoms with Gasteiger partial charge in [-0.2, -0.15) is 0 Å². The van der Waals surface area contributed by atoms with Gasteiger partial charge in [-0.1, -0.05) is 6.42 Å². The molecule has 0 aliphatic carbocycles. The van der Waals surface area contributed by atoms with Crippen LogP contribution in [0.1, 0.15) is 25.7 Å². The lowest BCUT2D eigenvalue weighted by molar-refractivity contribution is -0.151. The Morgan fingerprint density at radius 3 is 2.95 bits per heavy atom. The van der Waals surface area contributed by atoms with Crippen LogP contribution < -0.4 is 5.32 Å². The maximum Gasteiger partial charge on any atom is 0.329 e. The summed E-state index contributed by atoms with van der Waals surface area (Å²) in [5.41, 5.74) is 0. The van der Waals surface area contributed by atoms with E-state index in [1.54, 1.807) is 0 Å². The van der Waals surface area contributed by atoms with Gasteiger partial charge in [-0.3, -0.25) is 9.59 Å². The summed E-state index contributed by atoms with van der Waals surface area (Å²) in [6, 6.07) is -1.02. The molecule has 2 saturated heterocycles. The average molecular weight is 286 g/mol. The highest BCUT2D eigenvalue weighted by Crippen LogP contribution is 2.24. The minimum absolute atomic E-state index is 0.0858. The summed E-state index contributed by atoms with van der Waals surface area (Å²) in [4.78, 5) is 37.1. The Morgan fingerprint density at radius 1 is 1.42 bits per heavy atom. The van der Waals surface area contributed by atoms with Crippen molar-refractivity contribution < 1.29 is 19.1 Å². The molecule has 0 spiro atoms. The quantitative estimate of drug-likeness (QED) is 0.730. The van der Waals surface area contributed by atoms with Crippen LogP contribution in [0.3, 0.4) is 0 Å². The Morgan fingerprint density at radius 2 is 2.21 bits per heavy atom. The molecule has 19 heavy (non-hydrogen) atoms. The number of methoxy groups -OCH3 is 1. The van der Waals surface area contributed by atoms with Gasteiger partial charge in [0.1, 0.15) is 12.1 Å². The Balaban J connectivity index is 2.05. The number of carbonyl (C=O) groups excluding carboxylic acids is 3. The van der Waals surface area contributed by atoms with Crippen molar-refractivity contribution in [1.29, 1.82) is 0 Å². The van der Waals surface area contributed by atoms with Crippen molar-refractivity contribution >= 4 is 29.5 Å². The number of rotatable bonds is 2. The molecule has 2 heterocycles. The fourth-order valence-corrected chi connectivity index (χ4v) is 3.50. The van der Waals surface area contributed by atoms with Crippen molar-refractivity contribution in [3.63, 3.8) is 0 Å². The number of nitrogens with one attached hydrogen (secondary N) is 1. The molecule has 0 aromatic rings. The minimum Gasteiger partial charge on any atom is -0.467 e. The van der Waals surface area contributed by atoms with Crippen LogP contribution in [0.2, 0.25) is 0 Å². The zero-order chi connectivity index (χ0) is 13.8. The number of thioether (sulfide) groups is 1. The molecule has 2 atom stereocenters. The van der Waals surface area contributed by atoms with Crippen LogP contribution in [0.5, 0.6) is 0 Å². The number of nitrogens with zero attached hydrogens (tertiary/aromatic N) is 1. The largest absolute Gasteiger partial charge is 0.467 e. The van der Waals surface area contributed by atoms with Crippen LogP contribution in [0.25, 0.3) is 0 Å². The Kier molecular flexibility index (Phi) is 4.68. The first-order chi connectivity index (χ1) is 9.13. The summed E-state index contributed by atoms with van der Waals surface area (Å²) in [5.74, 6) is 0.385. The highest BCUT2D eigenvalue weighted by molar-refractivity contribution is 7.99. The average Bonchev–Trinajstić information content (AvgIpc) is 2.79. The van der Waals surface area contributed by atoms with Crippen molar-refractivity contribution in [2.45, 2.75) is 37.8 Å². The highest BCUT2D eigenvalue weighted by atomic mass is 32.2. The zero-order valence-electron chi connectivity index (χ0n) is 10.9. The predicted octanol–water partition coefficient (Wildman–Crippen LogP) is 0.120. The second-order valence-corrected chi connectivity index (χ2v) is 5.71. The number of esters is 1. The van der Waals surface area contributed by atoms with Gasteiger partial charge >= 0.3 is 5.97 Å². The van der Waals surface area contributed by atoms with E-state index in [4.69, 9.17) is 4.74 Å². The first kappa shape index (κ1) is 14.2. The molecule has 0 bridgehead atoms. The van der Waals surface area contributed by atoms with Crippen molar-refractivity contribution in [1.82, 2.24) is 10.2 Å². The molecule has 0 aromatic carbocycles. The van der Waals surface area contributed by atoms with E-state index in [0.717, 1.165) is 12.8 Å². The van der Waals surface area contributed by atoms with E-state index in [1.807, 2.05) is 0 Å². The van der Waals surface area contributed by atoms with Crippen molar-refractivity contribution in [2.24, 2.45) is 0 Å². The summed E-state index contributed by atoms with van der Waals surface area (Å²) in [6.45, 7) is 0. The summed E-state index contributed by atoms with van der Waals surface area (Å²) >= 11 is 1.52. The molecule has 1 N–H and O–H groups in total. The lowest BCUT2D eigenvalue weighted by Gasteiger charge is -2.26. The van der Waals surface area contributed by atoms with Gasteiger partial charge in [-0.05, 0) is 12.8 Å². The fourth-order valence-electron chi connectivity index (χ4n) is 2.35. The molecule has 2 fully saturated rings.